The zero-order valence-electron chi connectivity index (χ0n) is 33.6. The third-order valence-corrected chi connectivity index (χ3v) is 18.2. The van der Waals surface area contributed by atoms with Crippen LogP contribution in [0.4, 0.5) is 0 Å². The standard InChI is InChI=1S/C45H68N4O3S/c1-7-33(30-46)41(47-8-2)52-31-32-11-13-34(14-12-32)36-17-21-44(6)39(42(36,3)4)19-22-43(5)37-18-23-45(20-9-10-38(45)35(37)15-16-40(43)44)48-24-25-49-26-28-53(50,51)29-27-49/h7-8,13,17,32,35,37-40,48H,2,9-12,14-16,18-29,31H2,1,3-6H3/b33-7-,47-41+/t32?,35?,37?,38-,39?,40?,43?,44?,45?/m1/s1. The van der Waals surface area contributed by atoms with Crippen molar-refractivity contribution >= 4 is 15.7 Å². The molecule has 6 aliphatic carbocycles. The molecule has 1 heterocycles. The molecule has 9 atom stereocenters. The van der Waals surface area contributed by atoms with E-state index in [0.717, 1.165) is 56.0 Å². The molecular weight excluding hydrogens is 677 g/mol. The van der Waals surface area contributed by atoms with Crippen LogP contribution in [0.15, 0.2) is 52.7 Å². The van der Waals surface area contributed by atoms with Crippen LogP contribution in [0.1, 0.15) is 118 Å². The molecule has 4 saturated carbocycles. The van der Waals surface area contributed by atoms with Crippen molar-refractivity contribution in [1.29, 1.82) is 5.26 Å². The third kappa shape index (κ3) is 7.07. The number of nitrogens with one attached hydrogen (secondary N) is 1. The van der Waals surface area contributed by atoms with Gasteiger partial charge in [0, 0.05) is 37.9 Å². The van der Waals surface area contributed by atoms with Crippen molar-refractivity contribution in [2.45, 2.75) is 124 Å². The second-order valence-corrected chi connectivity index (χ2v) is 21.6. The quantitative estimate of drug-likeness (QED) is 0.144. The maximum atomic E-state index is 12.0. The molecule has 5 fully saturated rings. The Morgan fingerprint density at radius 2 is 1.81 bits per heavy atom. The molecule has 1 aliphatic heterocycles. The Morgan fingerprint density at radius 3 is 2.51 bits per heavy atom. The molecule has 0 aromatic rings. The number of ether oxygens (including phenoxy) is 1. The first-order valence-electron chi connectivity index (χ1n) is 21.3. The highest BCUT2D eigenvalue weighted by atomic mass is 32.2. The van der Waals surface area contributed by atoms with E-state index in [1.54, 1.807) is 17.2 Å². The number of fused-ring (bicyclic) bond motifs is 7. The van der Waals surface area contributed by atoms with Crippen LogP contribution in [0.25, 0.3) is 0 Å². The van der Waals surface area contributed by atoms with E-state index in [4.69, 9.17) is 4.74 Å². The lowest BCUT2D eigenvalue weighted by atomic mass is 9.37. The van der Waals surface area contributed by atoms with Crippen molar-refractivity contribution in [3.05, 3.63) is 47.7 Å². The number of nitrogens with zero attached hydrogens (tertiary/aromatic N) is 3. The molecule has 0 spiro atoms. The van der Waals surface area contributed by atoms with E-state index >= 15 is 0 Å². The fourth-order valence-corrected chi connectivity index (χ4v) is 15.4. The lowest BCUT2D eigenvalue weighted by molar-refractivity contribution is -0.175. The molecule has 0 radical (unpaired) electrons. The minimum absolute atomic E-state index is 0.160. The summed E-state index contributed by atoms with van der Waals surface area (Å²) in [5.41, 5.74) is 4.87. The van der Waals surface area contributed by atoms with Crippen LogP contribution in [0, 0.1) is 63.1 Å². The molecule has 292 valence electrons. The maximum absolute atomic E-state index is 12.0. The average Bonchev–Trinajstić information content (AvgIpc) is 3.56. The van der Waals surface area contributed by atoms with E-state index < -0.39 is 9.84 Å². The Labute approximate surface area is 321 Å². The molecule has 7 nitrogen and oxygen atoms in total. The van der Waals surface area contributed by atoms with Crippen molar-refractivity contribution in [2.24, 2.45) is 56.7 Å². The minimum Gasteiger partial charge on any atom is -0.476 e. The summed E-state index contributed by atoms with van der Waals surface area (Å²) < 4.78 is 30.0. The number of rotatable bonds is 9. The van der Waals surface area contributed by atoms with Gasteiger partial charge in [-0.05, 0) is 147 Å². The van der Waals surface area contributed by atoms with E-state index in [1.807, 2.05) is 6.92 Å². The van der Waals surface area contributed by atoms with Gasteiger partial charge in [-0.15, -0.1) is 0 Å². The van der Waals surface area contributed by atoms with Crippen molar-refractivity contribution in [3.8, 4) is 6.07 Å². The van der Waals surface area contributed by atoms with Crippen molar-refractivity contribution in [3.63, 3.8) is 0 Å². The largest absolute Gasteiger partial charge is 0.476 e. The van der Waals surface area contributed by atoms with Crippen LogP contribution in [0.2, 0.25) is 0 Å². The number of allylic oxidation sites excluding steroid dienone is 5. The van der Waals surface area contributed by atoms with Gasteiger partial charge in [-0.3, -0.25) is 0 Å². The molecule has 0 bridgehead atoms. The van der Waals surface area contributed by atoms with Gasteiger partial charge in [0.05, 0.1) is 18.1 Å². The lowest BCUT2D eigenvalue weighted by Crippen LogP contribution is -2.64. The molecule has 53 heavy (non-hydrogen) atoms. The van der Waals surface area contributed by atoms with E-state index in [1.165, 1.54) is 70.4 Å². The van der Waals surface area contributed by atoms with Gasteiger partial charge in [-0.25, -0.2) is 13.4 Å². The Hall–Kier alpha value is -2.21. The highest BCUT2D eigenvalue weighted by molar-refractivity contribution is 7.91. The van der Waals surface area contributed by atoms with Gasteiger partial charge in [-0.1, -0.05) is 58.9 Å². The first kappa shape index (κ1) is 39.0. The molecule has 1 saturated heterocycles. The van der Waals surface area contributed by atoms with E-state index in [9.17, 15) is 13.7 Å². The highest BCUT2D eigenvalue weighted by Crippen LogP contribution is 2.72. The summed E-state index contributed by atoms with van der Waals surface area (Å²) >= 11 is 0. The van der Waals surface area contributed by atoms with Crippen LogP contribution < -0.4 is 5.32 Å². The molecule has 8 heteroatoms. The topological polar surface area (TPSA) is 94.8 Å². The molecule has 0 amide bonds. The van der Waals surface area contributed by atoms with E-state index in [2.05, 4.69) is 67.7 Å². The number of hydrogen-bond acceptors (Lipinski definition) is 7. The van der Waals surface area contributed by atoms with Gasteiger partial charge in [0.2, 0.25) is 5.90 Å². The Morgan fingerprint density at radius 1 is 1.02 bits per heavy atom. The Bertz CT molecular complexity index is 1670. The summed E-state index contributed by atoms with van der Waals surface area (Å²) in [5.74, 6) is 5.42. The Balaban J connectivity index is 1.01. The molecular formula is C45H68N4O3S. The van der Waals surface area contributed by atoms with Crippen LogP contribution in [-0.2, 0) is 14.6 Å². The maximum Gasteiger partial charge on any atom is 0.231 e. The fraction of sp³-hybridized carbons (Fsp3) is 0.778. The number of hydrogen-bond donors (Lipinski definition) is 1. The molecule has 0 aromatic carbocycles. The van der Waals surface area contributed by atoms with Crippen LogP contribution >= 0.6 is 0 Å². The summed E-state index contributed by atoms with van der Waals surface area (Å²) in [6, 6.07) is 2.19. The zero-order chi connectivity index (χ0) is 37.6. The van der Waals surface area contributed by atoms with Gasteiger partial charge in [0.15, 0.2) is 9.84 Å². The number of aliphatic imine (C=N–C) groups is 1. The third-order valence-electron chi connectivity index (χ3n) is 16.6. The SMILES string of the molecule is C=C/N=C(OCC1CC=C(C2=CCC3(C)C(CCC4(C)C5CCC6(NCCN7CCS(=O)(=O)CC7)CCC[C@@H]6C5CCC43)C2(C)C)CC1)\C(C#N)=C/C. The predicted molar refractivity (Wildman–Crippen MR) is 216 cm³/mol. The monoisotopic (exact) mass is 745 g/mol. The van der Waals surface area contributed by atoms with E-state index in [0.29, 0.717) is 70.9 Å². The molecule has 8 unspecified atom stereocenters. The second kappa shape index (κ2) is 15.0. The van der Waals surface area contributed by atoms with E-state index in [-0.39, 0.29) is 5.41 Å². The van der Waals surface area contributed by atoms with Crippen molar-refractivity contribution in [1.82, 2.24) is 10.2 Å². The number of nitriles is 1. The van der Waals surface area contributed by atoms with Crippen molar-refractivity contribution < 1.29 is 13.2 Å². The normalized spacial score (nSPS) is 41.1. The summed E-state index contributed by atoms with van der Waals surface area (Å²) in [6.07, 6.45) is 25.1. The minimum atomic E-state index is -2.83. The van der Waals surface area contributed by atoms with Crippen LogP contribution in [0.5, 0.6) is 0 Å². The molecule has 7 aliphatic rings. The highest BCUT2D eigenvalue weighted by Gasteiger charge is 2.65. The van der Waals surface area contributed by atoms with Gasteiger partial charge in [0.1, 0.15) is 11.6 Å². The molecule has 1 N–H and O–H groups in total. The van der Waals surface area contributed by atoms with Crippen LogP contribution in [0.3, 0.4) is 0 Å². The van der Waals surface area contributed by atoms with Gasteiger partial charge < -0.3 is 15.0 Å². The Kier molecular flexibility index (Phi) is 11.1. The van der Waals surface area contributed by atoms with Gasteiger partial charge in [0.25, 0.3) is 0 Å². The van der Waals surface area contributed by atoms with Crippen molar-refractivity contribution in [2.75, 3.05) is 44.3 Å². The molecule has 7 rings (SSSR count). The first-order valence-corrected chi connectivity index (χ1v) is 23.1. The van der Waals surface area contributed by atoms with Crippen LogP contribution in [-0.4, -0.2) is 69.0 Å². The summed E-state index contributed by atoms with van der Waals surface area (Å²) in [6.45, 7) is 20.1. The smallest absolute Gasteiger partial charge is 0.231 e. The predicted octanol–water partition coefficient (Wildman–Crippen LogP) is 8.82. The zero-order valence-corrected chi connectivity index (χ0v) is 34.4. The first-order chi connectivity index (χ1) is 25.3. The summed E-state index contributed by atoms with van der Waals surface area (Å²) in [5, 5.41) is 13.7. The fourth-order valence-electron chi connectivity index (χ4n) is 14.1. The second-order valence-electron chi connectivity index (χ2n) is 19.3. The number of sulfone groups is 1. The summed E-state index contributed by atoms with van der Waals surface area (Å²) in [7, 11) is -2.83. The summed E-state index contributed by atoms with van der Waals surface area (Å²) in [4.78, 5) is 6.59. The van der Waals surface area contributed by atoms with Gasteiger partial charge >= 0.3 is 0 Å². The average molecular weight is 745 g/mol. The lowest BCUT2D eigenvalue weighted by Gasteiger charge is -2.68. The molecule has 0 aromatic heterocycles. The van der Waals surface area contributed by atoms with Gasteiger partial charge in [-0.2, -0.15) is 5.26 Å².